The summed E-state index contributed by atoms with van der Waals surface area (Å²) < 4.78 is 24.4. The third-order valence-corrected chi connectivity index (χ3v) is 5.17. The van der Waals surface area contributed by atoms with Gasteiger partial charge in [-0.25, -0.2) is 13.1 Å². The highest BCUT2D eigenvalue weighted by Crippen LogP contribution is 2.24. The molecule has 10 heteroatoms. The minimum atomic E-state index is -3.24. The fourth-order valence-corrected chi connectivity index (χ4v) is 3.41. The molecule has 1 aromatic heterocycles. The van der Waals surface area contributed by atoms with Gasteiger partial charge in [0.25, 0.3) is 11.6 Å². The Morgan fingerprint density at radius 1 is 1.28 bits per heavy atom. The first-order valence-electron chi connectivity index (χ1n) is 7.25. The summed E-state index contributed by atoms with van der Waals surface area (Å²) in [5.41, 5.74) is 1.00. The van der Waals surface area contributed by atoms with Crippen molar-refractivity contribution in [3.63, 3.8) is 0 Å². The molecule has 2 aromatic rings. The van der Waals surface area contributed by atoms with E-state index in [1.807, 2.05) is 0 Å². The maximum atomic E-state index is 12.3. The number of nitro benzene ring substituents is 1. The largest absolute Gasteiger partial charge is 0.321 e. The van der Waals surface area contributed by atoms with E-state index in [4.69, 9.17) is 0 Å². The number of non-ortho nitro benzene ring substituents is 1. The molecule has 0 spiro atoms. The molecule has 0 atom stereocenters. The van der Waals surface area contributed by atoms with Crippen LogP contribution in [0, 0.1) is 17.0 Å². The van der Waals surface area contributed by atoms with E-state index >= 15 is 0 Å². The number of aryl methyl sites for hydroxylation is 1. The van der Waals surface area contributed by atoms with Gasteiger partial charge in [0.1, 0.15) is 0 Å². The van der Waals surface area contributed by atoms with Crippen molar-refractivity contribution in [2.24, 2.45) is 0 Å². The van der Waals surface area contributed by atoms with Crippen LogP contribution in [0.15, 0.2) is 30.3 Å². The van der Waals surface area contributed by atoms with Gasteiger partial charge in [-0.2, -0.15) is 0 Å². The number of benzene rings is 1. The lowest BCUT2D eigenvalue weighted by Crippen LogP contribution is -2.24. The van der Waals surface area contributed by atoms with Gasteiger partial charge in [0, 0.05) is 23.6 Å². The van der Waals surface area contributed by atoms with Crippen molar-refractivity contribution in [2.75, 3.05) is 18.1 Å². The van der Waals surface area contributed by atoms with E-state index in [0.717, 1.165) is 11.1 Å². The molecule has 0 radical (unpaired) electrons. The van der Waals surface area contributed by atoms with Crippen LogP contribution in [0.3, 0.4) is 0 Å². The Hall–Kier alpha value is -2.30. The monoisotopic (exact) mass is 383 g/mol. The molecule has 8 nitrogen and oxygen atoms in total. The van der Waals surface area contributed by atoms with Crippen LogP contribution in [0.4, 0.5) is 11.4 Å². The van der Waals surface area contributed by atoms with Gasteiger partial charge in [-0.15, -0.1) is 11.3 Å². The molecular formula is C15H17N3O5S2. The number of thiophene rings is 1. The molecule has 0 fully saturated rings. The van der Waals surface area contributed by atoms with Crippen molar-refractivity contribution >= 4 is 38.6 Å². The average Bonchev–Trinajstić information content (AvgIpc) is 2.97. The summed E-state index contributed by atoms with van der Waals surface area (Å²) in [6.45, 7) is 2.00. The quantitative estimate of drug-likeness (QED) is 0.562. The van der Waals surface area contributed by atoms with E-state index in [1.54, 1.807) is 25.1 Å². The lowest BCUT2D eigenvalue weighted by Gasteiger charge is -2.07. The summed E-state index contributed by atoms with van der Waals surface area (Å²) >= 11 is 1.25. The first kappa shape index (κ1) is 19.0. The van der Waals surface area contributed by atoms with Crippen LogP contribution < -0.4 is 10.0 Å². The number of carbonyl (C=O) groups excluding carboxylic acids is 1. The maximum Gasteiger partial charge on any atom is 0.271 e. The maximum absolute atomic E-state index is 12.3. The first-order chi connectivity index (χ1) is 11.7. The summed E-state index contributed by atoms with van der Waals surface area (Å²) in [6.07, 6.45) is 1.56. The molecule has 2 rings (SSSR count). The highest BCUT2D eigenvalue weighted by atomic mass is 32.2. The lowest BCUT2D eigenvalue weighted by atomic mass is 10.2. The molecule has 134 valence electrons. The Morgan fingerprint density at radius 2 is 2.00 bits per heavy atom. The van der Waals surface area contributed by atoms with E-state index in [-0.39, 0.29) is 18.1 Å². The Labute approximate surface area is 149 Å². The Morgan fingerprint density at radius 3 is 2.64 bits per heavy atom. The molecule has 25 heavy (non-hydrogen) atoms. The SMILES string of the molecule is Cc1ccc([N+](=O)[O-])cc1NC(=O)c1ccc(CCNS(C)(=O)=O)s1. The number of anilines is 1. The topological polar surface area (TPSA) is 118 Å². The van der Waals surface area contributed by atoms with Gasteiger partial charge in [0.2, 0.25) is 10.0 Å². The van der Waals surface area contributed by atoms with Gasteiger partial charge in [0.15, 0.2) is 0 Å². The van der Waals surface area contributed by atoms with Crippen LogP contribution in [0.5, 0.6) is 0 Å². The second-order valence-electron chi connectivity index (χ2n) is 5.39. The predicted octanol–water partition coefficient (Wildman–Crippen LogP) is 2.31. The van der Waals surface area contributed by atoms with E-state index < -0.39 is 14.9 Å². The van der Waals surface area contributed by atoms with Crippen LogP contribution in [0.2, 0.25) is 0 Å². The number of nitrogens with one attached hydrogen (secondary N) is 2. The van der Waals surface area contributed by atoms with Gasteiger partial charge < -0.3 is 5.32 Å². The van der Waals surface area contributed by atoms with Crippen molar-refractivity contribution in [1.29, 1.82) is 0 Å². The Bertz CT molecular complexity index is 906. The summed E-state index contributed by atoms with van der Waals surface area (Å²) in [4.78, 5) is 23.9. The molecule has 0 bridgehead atoms. The molecule has 0 aliphatic carbocycles. The lowest BCUT2D eigenvalue weighted by molar-refractivity contribution is -0.384. The van der Waals surface area contributed by atoms with E-state index in [0.29, 0.717) is 22.5 Å². The number of hydrogen-bond acceptors (Lipinski definition) is 6. The van der Waals surface area contributed by atoms with E-state index in [2.05, 4.69) is 10.0 Å². The fraction of sp³-hybridized carbons (Fsp3) is 0.267. The van der Waals surface area contributed by atoms with Gasteiger partial charge in [-0.1, -0.05) is 6.07 Å². The van der Waals surface area contributed by atoms with E-state index in [9.17, 15) is 23.3 Å². The Kier molecular flexibility index (Phi) is 5.88. The number of hydrogen-bond donors (Lipinski definition) is 2. The minimum absolute atomic E-state index is 0.0976. The average molecular weight is 383 g/mol. The van der Waals surface area contributed by atoms with Crippen LogP contribution in [0.1, 0.15) is 20.1 Å². The number of carbonyl (C=O) groups is 1. The highest BCUT2D eigenvalue weighted by molar-refractivity contribution is 7.88. The second-order valence-corrected chi connectivity index (χ2v) is 8.39. The zero-order valence-corrected chi connectivity index (χ0v) is 15.2. The number of nitro groups is 1. The van der Waals surface area contributed by atoms with Gasteiger partial charge >= 0.3 is 0 Å². The molecular weight excluding hydrogens is 366 g/mol. The molecule has 0 saturated carbocycles. The third kappa shape index (κ3) is 5.62. The van der Waals surface area contributed by atoms with Crippen molar-refractivity contribution in [2.45, 2.75) is 13.3 Å². The number of nitrogens with zero attached hydrogens (tertiary/aromatic N) is 1. The predicted molar refractivity (Wildman–Crippen MR) is 96.7 cm³/mol. The van der Waals surface area contributed by atoms with Crippen molar-refractivity contribution in [3.05, 3.63) is 55.8 Å². The van der Waals surface area contributed by atoms with Crippen LogP contribution in [-0.2, 0) is 16.4 Å². The molecule has 1 aromatic carbocycles. The molecule has 1 heterocycles. The number of rotatable bonds is 7. The molecule has 0 unspecified atom stereocenters. The van der Waals surface area contributed by atoms with Gasteiger partial charge in [-0.3, -0.25) is 14.9 Å². The van der Waals surface area contributed by atoms with Crippen molar-refractivity contribution in [3.8, 4) is 0 Å². The number of amides is 1. The summed E-state index contributed by atoms with van der Waals surface area (Å²) in [6, 6.07) is 7.66. The van der Waals surface area contributed by atoms with E-state index in [1.165, 1.54) is 23.5 Å². The van der Waals surface area contributed by atoms with Crippen LogP contribution >= 0.6 is 11.3 Å². The zero-order chi connectivity index (χ0) is 18.6. The van der Waals surface area contributed by atoms with Gasteiger partial charge in [-0.05, 0) is 31.0 Å². The standard InChI is InChI=1S/C15H17N3O5S2/c1-10-3-4-11(18(20)21)9-13(10)17-15(19)14-6-5-12(24-14)7-8-16-25(2,22)23/h3-6,9,16H,7-8H2,1-2H3,(H,17,19). The second kappa shape index (κ2) is 7.72. The van der Waals surface area contributed by atoms with Crippen LogP contribution in [-0.4, -0.2) is 32.0 Å². The van der Waals surface area contributed by atoms with Crippen LogP contribution in [0.25, 0.3) is 0 Å². The molecule has 2 N–H and O–H groups in total. The molecule has 1 amide bonds. The Balaban J connectivity index is 2.04. The first-order valence-corrected chi connectivity index (χ1v) is 9.96. The van der Waals surface area contributed by atoms with Crippen molar-refractivity contribution < 1.29 is 18.1 Å². The normalized spacial score (nSPS) is 11.3. The molecule has 0 aliphatic heterocycles. The molecule has 0 aliphatic rings. The third-order valence-electron chi connectivity index (χ3n) is 3.30. The van der Waals surface area contributed by atoms with Crippen molar-refractivity contribution in [1.82, 2.24) is 4.72 Å². The zero-order valence-electron chi connectivity index (χ0n) is 13.6. The minimum Gasteiger partial charge on any atom is -0.321 e. The highest BCUT2D eigenvalue weighted by Gasteiger charge is 2.14. The summed E-state index contributed by atoms with van der Waals surface area (Å²) in [5, 5.41) is 13.5. The summed E-state index contributed by atoms with van der Waals surface area (Å²) in [5.74, 6) is -0.365. The smallest absolute Gasteiger partial charge is 0.271 e. The number of sulfonamides is 1. The van der Waals surface area contributed by atoms with Gasteiger partial charge in [0.05, 0.1) is 21.7 Å². The molecule has 0 saturated heterocycles. The fourth-order valence-electron chi connectivity index (χ4n) is 2.04. The summed E-state index contributed by atoms with van der Waals surface area (Å²) in [7, 11) is -3.24.